The van der Waals surface area contributed by atoms with Crippen molar-refractivity contribution in [1.29, 1.82) is 0 Å². The fraction of sp³-hybridized carbons (Fsp3) is 0.588. The third-order valence-electron chi connectivity index (χ3n) is 3.01. The number of benzene rings is 1. The lowest BCUT2D eigenvalue weighted by Gasteiger charge is -2.28. The van der Waals surface area contributed by atoms with Crippen molar-refractivity contribution in [3.05, 3.63) is 35.4 Å². The Morgan fingerprint density at radius 2 is 2.00 bits per heavy atom. The molecule has 1 rings (SSSR count). The molecule has 0 aliphatic rings. The van der Waals surface area contributed by atoms with Gasteiger partial charge in [-0.15, -0.1) is 0 Å². The highest BCUT2D eigenvalue weighted by Crippen LogP contribution is 2.11. The molecule has 24 heavy (non-hydrogen) atoms. The number of aliphatic hydroxyl groups excluding tert-OH is 1. The van der Waals surface area contributed by atoms with Crippen LogP contribution in [0.5, 0.6) is 0 Å². The van der Waals surface area contributed by atoms with Crippen LogP contribution in [0.25, 0.3) is 0 Å². The zero-order valence-corrected chi connectivity index (χ0v) is 14.6. The first-order valence-corrected chi connectivity index (χ1v) is 7.89. The number of halogens is 2. The summed E-state index contributed by atoms with van der Waals surface area (Å²) in [7, 11) is 0. The van der Waals surface area contributed by atoms with Crippen LogP contribution in [-0.2, 0) is 11.3 Å². The molecular weight excluding hydrogens is 318 g/mol. The minimum Gasteiger partial charge on any atom is -0.444 e. The van der Waals surface area contributed by atoms with E-state index in [9.17, 15) is 18.7 Å². The van der Waals surface area contributed by atoms with Gasteiger partial charge in [0.2, 0.25) is 0 Å². The summed E-state index contributed by atoms with van der Waals surface area (Å²) in [6.45, 7) is 8.14. The lowest BCUT2D eigenvalue weighted by molar-refractivity contribution is 0.0164. The number of aliphatic hydroxyl groups is 1. The van der Waals surface area contributed by atoms with Gasteiger partial charge in [-0.3, -0.25) is 0 Å². The van der Waals surface area contributed by atoms with E-state index in [1.807, 2.05) is 0 Å². The number of amides is 1. The van der Waals surface area contributed by atoms with Crippen LogP contribution in [0.1, 0.15) is 33.3 Å². The molecule has 0 saturated carbocycles. The molecule has 0 aliphatic carbocycles. The van der Waals surface area contributed by atoms with E-state index in [1.165, 1.54) is 11.0 Å². The van der Waals surface area contributed by atoms with Gasteiger partial charge < -0.3 is 20.1 Å². The highest BCUT2D eigenvalue weighted by Gasteiger charge is 2.22. The van der Waals surface area contributed by atoms with E-state index in [1.54, 1.807) is 27.7 Å². The molecule has 1 aromatic rings. The van der Waals surface area contributed by atoms with Gasteiger partial charge in [0.1, 0.15) is 5.60 Å². The lowest BCUT2D eigenvalue weighted by atomic mass is 10.2. The van der Waals surface area contributed by atoms with Crippen molar-refractivity contribution in [2.75, 3.05) is 19.6 Å². The zero-order valence-electron chi connectivity index (χ0n) is 14.6. The van der Waals surface area contributed by atoms with E-state index < -0.39 is 29.4 Å². The number of hydrogen-bond donors (Lipinski definition) is 2. The number of rotatable bonds is 7. The predicted octanol–water partition coefficient (Wildman–Crippen LogP) is 2.67. The van der Waals surface area contributed by atoms with Crippen molar-refractivity contribution in [2.45, 2.75) is 45.9 Å². The molecule has 7 heteroatoms. The summed E-state index contributed by atoms with van der Waals surface area (Å²) in [5, 5.41) is 12.6. The molecule has 0 heterocycles. The van der Waals surface area contributed by atoms with Crippen LogP contribution < -0.4 is 5.32 Å². The lowest BCUT2D eigenvalue weighted by Crippen LogP contribution is -2.43. The molecule has 0 fully saturated rings. The van der Waals surface area contributed by atoms with Gasteiger partial charge in [0.05, 0.1) is 6.10 Å². The maximum Gasteiger partial charge on any atom is 0.410 e. The average molecular weight is 344 g/mol. The van der Waals surface area contributed by atoms with E-state index in [4.69, 9.17) is 4.74 Å². The molecule has 1 amide bonds. The van der Waals surface area contributed by atoms with Crippen LogP contribution in [0.15, 0.2) is 18.2 Å². The van der Waals surface area contributed by atoms with Crippen LogP contribution in [0, 0.1) is 11.6 Å². The van der Waals surface area contributed by atoms with Gasteiger partial charge in [-0.1, -0.05) is 6.07 Å². The van der Waals surface area contributed by atoms with Gasteiger partial charge in [0.25, 0.3) is 0 Å². The summed E-state index contributed by atoms with van der Waals surface area (Å²) in [5.74, 6) is -1.77. The van der Waals surface area contributed by atoms with Gasteiger partial charge in [-0.05, 0) is 45.4 Å². The van der Waals surface area contributed by atoms with Crippen LogP contribution in [-0.4, -0.2) is 47.4 Å². The van der Waals surface area contributed by atoms with Gasteiger partial charge in [-0.2, -0.15) is 0 Å². The number of carbonyl (C=O) groups is 1. The number of ether oxygens (including phenoxy) is 1. The van der Waals surface area contributed by atoms with Gasteiger partial charge >= 0.3 is 6.09 Å². The summed E-state index contributed by atoms with van der Waals surface area (Å²) in [6.07, 6.45) is -1.18. The third kappa shape index (κ3) is 7.70. The first-order valence-electron chi connectivity index (χ1n) is 7.89. The molecule has 2 N–H and O–H groups in total. The summed E-state index contributed by atoms with van der Waals surface area (Å²) in [4.78, 5) is 13.5. The van der Waals surface area contributed by atoms with Crippen molar-refractivity contribution in [3.63, 3.8) is 0 Å². The Morgan fingerprint density at radius 1 is 1.33 bits per heavy atom. The Bertz CT molecular complexity index is 545. The van der Waals surface area contributed by atoms with Crippen molar-refractivity contribution in [2.24, 2.45) is 0 Å². The zero-order chi connectivity index (χ0) is 18.3. The monoisotopic (exact) mass is 344 g/mol. The van der Waals surface area contributed by atoms with Crippen LogP contribution in [0.3, 0.4) is 0 Å². The van der Waals surface area contributed by atoms with Crippen molar-refractivity contribution in [1.82, 2.24) is 10.2 Å². The number of hydrogen-bond acceptors (Lipinski definition) is 4. The number of nitrogens with one attached hydrogen (secondary N) is 1. The first kappa shape index (κ1) is 20.3. The molecule has 0 saturated heterocycles. The van der Waals surface area contributed by atoms with E-state index in [-0.39, 0.29) is 6.54 Å². The van der Waals surface area contributed by atoms with Crippen molar-refractivity contribution in [3.8, 4) is 0 Å². The Balaban J connectivity index is 2.49. The Morgan fingerprint density at radius 3 is 2.54 bits per heavy atom. The minimum atomic E-state index is -0.890. The van der Waals surface area contributed by atoms with Crippen molar-refractivity contribution < 1.29 is 23.4 Å². The Labute approximate surface area is 141 Å². The molecule has 1 aromatic carbocycles. The van der Waals surface area contributed by atoms with Gasteiger partial charge in [0.15, 0.2) is 11.6 Å². The third-order valence-corrected chi connectivity index (χ3v) is 3.01. The summed E-state index contributed by atoms with van der Waals surface area (Å²) in [6, 6.07) is 3.70. The maximum atomic E-state index is 13.1. The molecule has 136 valence electrons. The molecule has 0 radical (unpaired) electrons. The topological polar surface area (TPSA) is 61.8 Å². The largest absolute Gasteiger partial charge is 0.444 e. The van der Waals surface area contributed by atoms with E-state index >= 15 is 0 Å². The number of carbonyl (C=O) groups excluding carboxylic acids is 1. The maximum absolute atomic E-state index is 13.1. The van der Waals surface area contributed by atoms with Crippen LogP contribution in [0.4, 0.5) is 13.6 Å². The Hall–Kier alpha value is -1.73. The van der Waals surface area contributed by atoms with Crippen LogP contribution in [0.2, 0.25) is 0 Å². The summed E-state index contributed by atoms with van der Waals surface area (Å²) in [5.41, 5.74) is -0.0131. The average Bonchev–Trinajstić information content (AvgIpc) is 2.43. The molecule has 1 atom stereocenters. The number of nitrogens with zero attached hydrogens (tertiary/aromatic N) is 1. The summed E-state index contributed by atoms with van der Waals surface area (Å²) >= 11 is 0. The fourth-order valence-corrected chi connectivity index (χ4v) is 2.00. The van der Waals surface area contributed by atoms with Crippen LogP contribution >= 0.6 is 0 Å². The van der Waals surface area contributed by atoms with E-state index in [0.29, 0.717) is 25.2 Å². The smallest absolute Gasteiger partial charge is 0.410 e. The van der Waals surface area contributed by atoms with E-state index in [0.717, 1.165) is 12.1 Å². The Kier molecular flexibility index (Phi) is 7.57. The molecule has 5 nitrogen and oxygen atoms in total. The highest BCUT2D eigenvalue weighted by molar-refractivity contribution is 5.68. The second kappa shape index (κ2) is 8.94. The highest BCUT2D eigenvalue weighted by atomic mass is 19.2. The molecular formula is C17H26F2N2O3. The fourth-order valence-electron chi connectivity index (χ4n) is 2.00. The van der Waals surface area contributed by atoms with Crippen molar-refractivity contribution >= 4 is 6.09 Å². The standard InChI is InChI=1S/C17H26F2N2O3/c1-12(22)11-21(16(23)24-17(2,3)4)8-7-20-10-13-5-6-14(18)15(19)9-13/h5-6,9,12,20,22H,7-8,10-11H2,1-4H3. The molecule has 0 aliphatic heterocycles. The van der Waals surface area contributed by atoms with Gasteiger partial charge in [-0.25, -0.2) is 13.6 Å². The molecule has 0 spiro atoms. The quantitative estimate of drug-likeness (QED) is 0.747. The molecule has 0 bridgehead atoms. The van der Waals surface area contributed by atoms with E-state index in [2.05, 4.69) is 5.32 Å². The minimum absolute atomic E-state index is 0.155. The molecule has 1 unspecified atom stereocenters. The second-order valence-corrected chi connectivity index (χ2v) is 6.70. The SMILES string of the molecule is CC(O)CN(CCNCc1ccc(F)c(F)c1)C(=O)OC(C)(C)C. The second-order valence-electron chi connectivity index (χ2n) is 6.70. The normalized spacial score (nSPS) is 12.8. The predicted molar refractivity (Wildman–Crippen MR) is 87.6 cm³/mol. The van der Waals surface area contributed by atoms with Gasteiger partial charge in [0, 0.05) is 26.2 Å². The molecule has 0 aromatic heterocycles. The summed E-state index contributed by atoms with van der Waals surface area (Å²) < 4.78 is 31.3. The first-order chi connectivity index (χ1) is 11.1.